The summed E-state index contributed by atoms with van der Waals surface area (Å²) >= 11 is 0. The Hall–Kier alpha value is -1.47. The predicted molar refractivity (Wildman–Crippen MR) is 81.7 cm³/mol. The Morgan fingerprint density at radius 1 is 0.824 bits per heavy atom. The molecule has 0 radical (unpaired) electrons. The van der Waals surface area contributed by atoms with Crippen LogP contribution in [0.15, 0.2) is 59.5 Å². The van der Waals surface area contributed by atoms with Crippen molar-refractivity contribution in [2.75, 3.05) is 6.26 Å². The summed E-state index contributed by atoms with van der Waals surface area (Å²) in [6, 6.07) is 19.2. The normalized spacial score (nSPS) is 11.4. The highest BCUT2D eigenvalue weighted by atomic mass is 32.2. The van der Waals surface area contributed by atoms with Crippen molar-refractivity contribution in [2.24, 2.45) is 0 Å². The molecule has 0 aliphatic carbocycles. The van der Waals surface area contributed by atoms with Gasteiger partial charge in [0, 0.05) is 0 Å². The van der Waals surface area contributed by atoms with Gasteiger partial charge in [-0.15, -0.1) is 0 Å². The molecule has 0 aromatic heterocycles. The third kappa shape index (κ3) is 3.24. The summed E-state index contributed by atoms with van der Waals surface area (Å²) in [5.74, 6) is 8.25. The van der Waals surface area contributed by atoms with Crippen molar-refractivity contribution in [3.8, 4) is 0 Å². The lowest BCUT2D eigenvalue weighted by molar-refractivity contribution is 1.18. The van der Waals surface area contributed by atoms with Crippen LogP contribution in [-0.2, 0) is 6.42 Å². The van der Waals surface area contributed by atoms with Gasteiger partial charge in [0.1, 0.15) is 0 Å². The van der Waals surface area contributed by atoms with E-state index in [4.69, 9.17) is 0 Å². The molecule has 0 spiro atoms. The zero-order chi connectivity index (χ0) is 12.3. The first-order chi connectivity index (χ1) is 8.05. The van der Waals surface area contributed by atoms with E-state index in [9.17, 15) is 0 Å². The Bertz CT molecular complexity index is 575. The largest absolute Gasteiger partial charge is 0.190 e. The van der Waals surface area contributed by atoms with E-state index in [2.05, 4.69) is 66.5 Å². The molecule has 17 heavy (non-hydrogen) atoms. The lowest BCUT2D eigenvalue weighted by atomic mass is 10.1. The average Bonchev–Trinajstić information content (AvgIpc) is 2.30. The fourth-order valence-corrected chi connectivity index (χ4v) is 2.56. The van der Waals surface area contributed by atoms with Crippen molar-refractivity contribution in [2.45, 2.75) is 11.3 Å². The van der Waals surface area contributed by atoms with Gasteiger partial charge < -0.3 is 0 Å². The lowest BCUT2D eigenvalue weighted by Crippen LogP contribution is -1.88. The molecule has 0 bridgehead atoms. The summed E-state index contributed by atoms with van der Waals surface area (Å²) in [4.78, 5) is 1.26. The average molecular weight is 242 g/mol. The fourth-order valence-electron chi connectivity index (χ4n) is 1.77. The van der Waals surface area contributed by atoms with Gasteiger partial charge in [-0.1, -0.05) is 54.2 Å². The number of rotatable bonds is 3. The molecule has 0 atom stereocenters. The maximum absolute atomic E-state index is 4.13. The van der Waals surface area contributed by atoms with Crippen LogP contribution in [0.3, 0.4) is 0 Å². The van der Waals surface area contributed by atoms with Crippen molar-refractivity contribution in [3.05, 3.63) is 65.7 Å². The topological polar surface area (TPSA) is 0 Å². The standard InChI is InChI=1S/C16H18S/c1-17(2,3)16-11-9-15(10-12-16)13-14-7-5-4-6-8-14/h4-12H,1-2,13H2,3H3. The van der Waals surface area contributed by atoms with Crippen LogP contribution in [0, 0.1) is 0 Å². The molecular formula is C16H18S. The molecule has 0 saturated heterocycles. The summed E-state index contributed by atoms with van der Waals surface area (Å²) in [6.07, 6.45) is 3.10. The Morgan fingerprint density at radius 3 is 1.88 bits per heavy atom. The number of hydrogen-bond donors (Lipinski definition) is 0. The molecule has 0 heterocycles. The minimum atomic E-state index is -1.09. The van der Waals surface area contributed by atoms with Crippen LogP contribution < -0.4 is 0 Å². The van der Waals surface area contributed by atoms with Gasteiger partial charge in [0.25, 0.3) is 0 Å². The molecule has 0 amide bonds. The molecule has 88 valence electrons. The Morgan fingerprint density at radius 2 is 1.35 bits per heavy atom. The molecule has 2 aromatic carbocycles. The van der Waals surface area contributed by atoms with Crippen molar-refractivity contribution in [1.29, 1.82) is 0 Å². The van der Waals surface area contributed by atoms with E-state index < -0.39 is 9.21 Å². The van der Waals surface area contributed by atoms with E-state index in [1.807, 2.05) is 6.07 Å². The van der Waals surface area contributed by atoms with Crippen LogP contribution in [0.1, 0.15) is 11.1 Å². The van der Waals surface area contributed by atoms with Gasteiger partial charge in [0.2, 0.25) is 0 Å². The summed E-state index contributed by atoms with van der Waals surface area (Å²) < 4.78 is 0. The Kier molecular flexibility index (Phi) is 3.39. The van der Waals surface area contributed by atoms with E-state index in [1.54, 1.807) is 0 Å². The monoisotopic (exact) mass is 242 g/mol. The minimum Gasteiger partial charge on any atom is -0.190 e. The highest BCUT2D eigenvalue weighted by molar-refractivity contribution is 8.27. The molecular weight excluding hydrogens is 224 g/mol. The Balaban J connectivity index is 2.20. The molecule has 2 rings (SSSR count). The third-order valence-corrected chi connectivity index (χ3v) is 4.15. The molecule has 0 nitrogen and oxygen atoms in total. The van der Waals surface area contributed by atoms with Gasteiger partial charge in [-0.2, -0.15) is 9.21 Å². The Labute approximate surface area is 104 Å². The second kappa shape index (κ2) is 4.80. The van der Waals surface area contributed by atoms with Crippen LogP contribution in [0.2, 0.25) is 0 Å². The first-order valence-corrected chi connectivity index (χ1v) is 8.01. The molecule has 0 saturated carbocycles. The van der Waals surface area contributed by atoms with E-state index in [-0.39, 0.29) is 0 Å². The molecule has 1 heteroatoms. The van der Waals surface area contributed by atoms with Gasteiger partial charge in [0.15, 0.2) is 0 Å². The van der Waals surface area contributed by atoms with Crippen molar-refractivity contribution < 1.29 is 0 Å². The predicted octanol–water partition coefficient (Wildman–Crippen LogP) is 3.93. The maximum Gasteiger partial charge on any atom is -0.00258 e. The molecule has 0 aliphatic rings. The second-order valence-corrected chi connectivity index (χ2v) is 7.60. The number of benzene rings is 2. The van der Waals surface area contributed by atoms with E-state index in [0.29, 0.717) is 0 Å². The summed E-state index contributed by atoms with van der Waals surface area (Å²) in [6.45, 7) is 0. The number of hydrogen-bond acceptors (Lipinski definition) is 0. The van der Waals surface area contributed by atoms with E-state index in [1.165, 1.54) is 16.0 Å². The third-order valence-electron chi connectivity index (χ3n) is 2.74. The van der Waals surface area contributed by atoms with Gasteiger partial charge in [0.05, 0.1) is 0 Å². The van der Waals surface area contributed by atoms with Crippen LogP contribution in [0.4, 0.5) is 0 Å². The van der Waals surface area contributed by atoms with Gasteiger partial charge >= 0.3 is 0 Å². The van der Waals surface area contributed by atoms with Crippen molar-refractivity contribution in [1.82, 2.24) is 0 Å². The van der Waals surface area contributed by atoms with Crippen LogP contribution >= 0.6 is 9.21 Å². The fraction of sp³-hybridized carbons (Fsp3) is 0.125. The SMILES string of the molecule is C=S(=C)(C)c1ccc(Cc2ccccc2)cc1. The maximum atomic E-state index is 4.13. The van der Waals surface area contributed by atoms with Crippen LogP contribution in [-0.4, -0.2) is 18.0 Å². The smallest absolute Gasteiger partial charge is 0.00258 e. The second-order valence-electron chi connectivity index (χ2n) is 4.58. The molecule has 0 unspecified atom stereocenters. The van der Waals surface area contributed by atoms with Crippen LogP contribution in [0.5, 0.6) is 0 Å². The molecule has 0 aliphatic heterocycles. The zero-order valence-electron chi connectivity index (χ0n) is 10.2. The highest BCUT2D eigenvalue weighted by Crippen LogP contribution is 2.27. The van der Waals surface area contributed by atoms with Gasteiger partial charge in [-0.3, -0.25) is 0 Å². The van der Waals surface area contributed by atoms with Crippen molar-refractivity contribution >= 4 is 20.9 Å². The quantitative estimate of drug-likeness (QED) is 0.715. The van der Waals surface area contributed by atoms with Crippen molar-refractivity contribution in [3.63, 3.8) is 0 Å². The van der Waals surface area contributed by atoms with E-state index >= 15 is 0 Å². The zero-order valence-corrected chi connectivity index (χ0v) is 11.0. The lowest BCUT2D eigenvalue weighted by Gasteiger charge is -2.09. The highest BCUT2D eigenvalue weighted by Gasteiger charge is 1.98. The minimum absolute atomic E-state index is 0.988. The summed E-state index contributed by atoms with van der Waals surface area (Å²) in [5.41, 5.74) is 2.68. The first kappa shape index (κ1) is 12.0. The molecule has 2 aromatic rings. The van der Waals surface area contributed by atoms with E-state index in [0.717, 1.165) is 6.42 Å². The molecule has 0 N–H and O–H groups in total. The van der Waals surface area contributed by atoms with Gasteiger partial charge in [-0.05, 0) is 40.8 Å². The van der Waals surface area contributed by atoms with Crippen LogP contribution in [0.25, 0.3) is 0 Å². The first-order valence-electron chi connectivity index (χ1n) is 5.63. The summed E-state index contributed by atoms with van der Waals surface area (Å²) in [5, 5.41) is 0. The summed E-state index contributed by atoms with van der Waals surface area (Å²) in [7, 11) is -1.09. The molecule has 0 fully saturated rings. The van der Waals surface area contributed by atoms with Gasteiger partial charge in [-0.25, -0.2) is 0 Å².